The summed E-state index contributed by atoms with van der Waals surface area (Å²) in [7, 11) is 0. The number of nitrogens with one attached hydrogen (secondary N) is 1. The molecule has 2 heterocycles. The van der Waals surface area contributed by atoms with Crippen LogP contribution in [0.3, 0.4) is 0 Å². The van der Waals surface area contributed by atoms with Crippen LogP contribution in [0, 0.1) is 0 Å². The van der Waals surface area contributed by atoms with Crippen molar-refractivity contribution in [2.75, 3.05) is 18.4 Å². The molecule has 6 heteroatoms. The molecule has 1 aromatic heterocycles. The number of hydrogen-bond acceptors (Lipinski definition) is 5. The summed E-state index contributed by atoms with van der Waals surface area (Å²) in [5, 5.41) is 5.38. The van der Waals surface area contributed by atoms with Crippen LogP contribution in [0.2, 0.25) is 0 Å². The normalized spacial score (nSPS) is 18.2. The van der Waals surface area contributed by atoms with Crippen molar-refractivity contribution in [3.05, 3.63) is 11.1 Å². The first-order valence-electron chi connectivity index (χ1n) is 5.83. The first kappa shape index (κ1) is 12.5. The molecule has 1 amide bonds. The van der Waals surface area contributed by atoms with Gasteiger partial charge in [0.05, 0.1) is 5.69 Å². The number of aromatic nitrogens is 1. The van der Waals surface area contributed by atoms with Gasteiger partial charge < -0.3 is 11.1 Å². The minimum absolute atomic E-state index is 0.0742. The number of nitrogens with zero attached hydrogens (tertiary/aromatic N) is 2. The van der Waals surface area contributed by atoms with E-state index in [2.05, 4.69) is 15.2 Å². The molecule has 1 aliphatic rings. The maximum Gasteiger partial charge on any atom is 0.223 e. The van der Waals surface area contributed by atoms with E-state index in [9.17, 15) is 4.79 Å². The van der Waals surface area contributed by atoms with Crippen LogP contribution in [-0.2, 0) is 11.3 Å². The Hall–Kier alpha value is -0.980. The highest BCUT2D eigenvalue weighted by molar-refractivity contribution is 7.13. The number of amides is 1. The van der Waals surface area contributed by atoms with Gasteiger partial charge in [-0.15, -0.1) is 11.3 Å². The van der Waals surface area contributed by atoms with Gasteiger partial charge in [0, 0.05) is 38.0 Å². The number of piperidine rings is 1. The van der Waals surface area contributed by atoms with Crippen molar-refractivity contribution < 1.29 is 4.79 Å². The zero-order valence-corrected chi connectivity index (χ0v) is 10.8. The summed E-state index contributed by atoms with van der Waals surface area (Å²) in [6.45, 7) is 4.41. The molecule has 5 nitrogen and oxygen atoms in total. The third-order valence-corrected chi connectivity index (χ3v) is 3.66. The average molecular weight is 254 g/mol. The van der Waals surface area contributed by atoms with Crippen LogP contribution >= 0.6 is 11.3 Å². The highest BCUT2D eigenvalue weighted by atomic mass is 32.1. The molecule has 1 fully saturated rings. The van der Waals surface area contributed by atoms with Crippen molar-refractivity contribution in [1.29, 1.82) is 0 Å². The van der Waals surface area contributed by atoms with Crippen molar-refractivity contribution in [2.24, 2.45) is 5.73 Å². The number of carbonyl (C=O) groups excluding carboxylic acids is 1. The van der Waals surface area contributed by atoms with Crippen LogP contribution in [0.15, 0.2) is 5.38 Å². The maximum absolute atomic E-state index is 10.9. The van der Waals surface area contributed by atoms with Crippen molar-refractivity contribution in [3.63, 3.8) is 0 Å². The number of anilines is 1. The lowest BCUT2D eigenvalue weighted by Crippen LogP contribution is -2.39. The van der Waals surface area contributed by atoms with E-state index in [1.54, 1.807) is 0 Å². The zero-order chi connectivity index (χ0) is 12.3. The van der Waals surface area contributed by atoms with Crippen molar-refractivity contribution >= 4 is 22.4 Å². The molecule has 1 saturated heterocycles. The second-order valence-electron chi connectivity index (χ2n) is 4.44. The number of hydrogen-bond donors (Lipinski definition) is 2. The molecule has 0 radical (unpaired) electrons. The number of thiazole rings is 1. The van der Waals surface area contributed by atoms with Crippen molar-refractivity contribution in [3.8, 4) is 0 Å². The van der Waals surface area contributed by atoms with Gasteiger partial charge in [-0.3, -0.25) is 9.69 Å². The van der Waals surface area contributed by atoms with E-state index in [-0.39, 0.29) is 5.91 Å². The Morgan fingerprint density at radius 1 is 1.65 bits per heavy atom. The standard InChI is InChI=1S/C11H18N4OS/c1-8(16)13-11-14-10(7-17-11)6-15-4-2-9(12)3-5-15/h7,9H,2-6,12H2,1H3,(H,13,14,16). The molecular formula is C11H18N4OS. The first-order chi connectivity index (χ1) is 8.13. The molecule has 0 unspecified atom stereocenters. The fraction of sp³-hybridized carbons (Fsp3) is 0.636. The first-order valence-corrected chi connectivity index (χ1v) is 6.71. The summed E-state index contributed by atoms with van der Waals surface area (Å²) in [5.74, 6) is -0.0742. The lowest BCUT2D eigenvalue weighted by atomic mass is 10.1. The summed E-state index contributed by atoms with van der Waals surface area (Å²) < 4.78 is 0. The Morgan fingerprint density at radius 3 is 3.00 bits per heavy atom. The van der Waals surface area contributed by atoms with Gasteiger partial charge in [0.1, 0.15) is 0 Å². The fourth-order valence-electron chi connectivity index (χ4n) is 1.93. The SMILES string of the molecule is CC(=O)Nc1nc(CN2CCC(N)CC2)cs1. The van der Waals surface area contributed by atoms with Gasteiger partial charge in [-0.2, -0.15) is 0 Å². The van der Waals surface area contributed by atoms with E-state index in [4.69, 9.17) is 5.73 Å². The molecule has 0 spiro atoms. The fourth-order valence-corrected chi connectivity index (χ4v) is 2.68. The Balaban J connectivity index is 1.86. The zero-order valence-electron chi connectivity index (χ0n) is 9.98. The van der Waals surface area contributed by atoms with Crippen LogP contribution in [0.1, 0.15) is 25.5 Å². The van der Waals surface area contributed by atoms with E-state index >= 15 is 0 Å². The van der Waals surface area contributed by atoms with Gasteiger partial charge in [-0.05, 0) is 12.8 Å². The van der Waals surface area contributed by atoms with Crippen LogP contribution < -0.4 is 11.1 Å². The van der Waals surface area contributed by atoms with Crippen LogP contribution in [0.5, 0.6) is 0 Å². The predicted molar refractivity (Wildman–Crippen MR) is 68.9 cm³/mol. The summed E-state index contributed by atoms with van der Waals surface area (Å²) >= 11 is 1.47. The molecule has 0 saturated carbocycles. The van der Waals surface area contributed by atoms with Gasteiger partial charge >= 0.3 is 0 Å². The van der Waals surface area contributed by atoms with E-state index in [0.717, 1.165) is 38.2 Å². The molecule has 2 rings (SSSR count). The Labute approximate surface area is 105 Å². The molecule has 0 atom stereocenters. The lowest BCUT2D eigenvalue weighted by Gasteiger charge is -2.29. The number of carbonyl (C=O) groups is 1. The van der Waals surface area contributed by atoms with Gasteiger partial charge in [-0.1, -0.05) is 0 Å². The summed E-state index contributed by atoms with van der Waals surface area (Å²) in [6.07, 6.45) is 2.12. The molecular weight excluding hydrogens is 236 g/mol. The molecule has 0 bridgehead atoms. The quantitative estimate of drug-likeness (QED) is 0.845. The monoisotopic (exact) mass is 254 g/mol. The number of nitrogens with two attached hydrogens (primary N) is 1. The maximum atomic E-state index is 10.9. The van der Waals surface area contributed by atoms with Gasteiger partial charge in [0.25, 0.3) is 0 Å². The van der Waals surface area contributed by atoms with E-state index in [1.807, 2.05) is 5.38 Å². The summed E-state index contributed by atoms with van der Waals surface area (Å²) in [6, 6.07) is 0.358. The topological polar surface area (TPSA) is 71.2 Å². The van der Waals surface area contributed by atoms with Crippen molar-refractivity contribution in [1.82, 2.24) is 9.88 Å². The van der Waals surface area contributed by atoms with Crippen molar-refractivity contribution in [2.45, 2.75) is 32.4 Å². The Kier molecular flexibility index (Phi) is 4.09. The van der Waals surface area contributed by atoms with Gasteiger partial charge in [0.15, 0.2) is 5.13 Å². The van der Waals surface area contributed by atoms with Gasteiger partial charge in [0.2, 0.25) is 5.91 Å². The minimum atomic E-state index is -0.0742. The Morgan fingerprint density at radius 2 is 2.35 bits per heavy atom. The minimum Gasteiger partial charge on any atom is -0.328 e. The van der Waals surface area contributed by atoms with Crippen LogP contribution in [-0.4, -0.2) is 34.9 Å². The van der Waals surface area contributed by atoms with Crippen LogP contribution in [0.25, 0.3) is 0 Å². The molecule has 0 aliphatic carbocycles. The van der Waals surface area contributed by atoms with E-state index < -0.39 is 0 Å². The number of likely N-dealkylation sites (tertiary alicyclic amines) is 1. The molecule has 0 aromatic carbocycles. The highest BCUT2D eigenvalue weighted by Gasteiger charge is 2.17. The molecule has 3 N–H and O–H groups in total. The second-order valence-corrected chi connectivity index (χ2v) is 5.30. The van der Waals surface area contributed by atoms with E-state index in [0.29, 0.717) is 11.2 Å². The molecule has 1 aromatic rings. The van der Waals surface area contributed by atoms with Crippen LogP contribution in [0.4, 0.5) is 5.13 Å². The van der Waals surface area contributed by atoms with E-state index in [1.165, 1.54) is 18.3 Å². The summed E-state index contributed by atoms with van der Waals surface area (Å²) in [4.78, 5) is 17.6. The Bertz CT molecular complexity index is 385. The van der Waals surface area contributed by atoms with Gasteiger partial charge in [-0.25, -0.2) is 4.98 Å². The third-order valence-electron chi connectivity index (χ3n) is 2.85. The second kappa shape index (κ2) is 5.57. The largest absolute Gasteiger partial charge is 0.328 e. The third kappa shape index (κ3) is 3.76. The predicted octanol–water partition coefficient (Wildman–Crippen LogP) is 1.02. The molecule has 94 valence electrons. The lowest BCUT2D eigenvalue weighted by molar-refractivity contribution is -0.114. The summed E-state index contributed by atoms with van der Waals surface area (Å²) in [5.41, 5.74) is 6.88. The smallest absolute Gasteiger partial charge is 0.223 e. The molecule has 1 aliphatic heterocycles. The number of rotatable bonds is 3. The molecule has 17 heavy (non-hydrogen) atoms. The average Bonchev–Trinajstić information content (AvgIpc) is 2.68. The highest BCUT2D eigenvalue weighted by Crippen LogP contribution is 2.18.